The summed E-state index contributed by atoms with van der Waals surface area (Å²) in [6.45, 7) is 0. The molecule has 2 aromatic carbocycles. The summed E-state index contributed by atoms with van der Waals surface area (Å²) in [7, 11) is 0. The molecule has 2 rings (SSSR count). The summed E-state index contributed by atoms with van der Waals surface area (Å²) in [6, 6.07) is 13.3. The summed E-state index contributed by atoms with van der Waals surface area (Å²) in [4.78, 5) is 0.113. The van der Waals surface area contributed by atoms with Crippen LogP contribution in [0.1, 0.15) is 16.0 Å². The van der Waals surface area contributed by atoms with E-state index in [1.54, 1.807) is 6.07 Å². The van der Waals surface area contributed by atoms with Gasteiger partial charge in [-0.25, -0.2) is 0 Å². The Bertz CT molecular complexity index is 554. The fraction of sp³-hybridized carbons (Fsp3) is 0.143. The molecule has 0 aliphatic carbocycles. The van der Waals surface area contributed by atoms with E-state index in [9.17, 15) is 0 Å². The lowest BCUT2D eigenvalue weighted by atomic mass is 10.0. The normalized spacial score (nSPS) is 12.4. The molecule has 0 saturated heterocycles. The van der Waals surface area contributed by atoms with Crippen molar-refractivity contribution < 1.29 is 0 Å². The molecule has 0 aliphatic rings. The molecule has 1 unspecified atom stereocenters. The van der Waals surface area contributed by atoms with Gasteiger partial charge in [0.05, 0.1) is 0 Å². The Hall–Kier alpha value is -0.210. The van der Waals surface area contributed by atoms with Crippen molar-refractivity contribution >= 4 is 50.7 Å². The van der Waals surface area contributed by atoms with Crippen LogP contribution in [0.5, 0.6) is 0 Å². The summed E-state index contributed by atoms with van der Waals surface area (Å²) in [6.07, 6.45) is 0.779. The van der Waals surface area contributed by atoms with Gasteiger partial charge in [-0.2, -0.15) is 0 Å². The predicted octanol–water partition coefficient (Wildman–Crippen LogP) is 6.33. The third-order valence-electron chi connectivity index (χ3n) is 2.66. The third-order valence-corrected chi connectivity index (χ3v) is 4.41. The van der Waals surface area contributed by atoms with Gasteiger partial charge in [0.25, 0.3) is 0 Å². The standard InChI is InChI=1S/C14H10BrCl3/c15-12(7-9-3-1-2-4-13(9)17)11-6-5-10(16)8-14(11)18/h1-6,8,12H,7H2. The molecule has 0 bridgehead atoms. The van der Waals surface area contributed by atoms with Crippen LogP contribution in [0.25, 0.3) is 0 Å². The van der Waals surface area contributed by atoms with Crippen LogP contribution >= 0.6 is 50.7 Å². The lowest BCUT2D eigenvalue weighted by molar-refractivity contribution is 0.949. The van der Waals surface area contributed by atoms with Gasteiger partial charge >= 0.3 is 0 Å². The minimum atomic E-state index is 0.113. The largest absolute Gasteiger partial charge is 0.0843 e. The van der Waals surface area contributed by atoms with Crippen LogP contribution in [0.4, 0.5) is 0 Å². The van der Waals surface area contributed by atoms with Gasteiger partial charge in [-0.3, -0.25) is 0 Å². The molecule has 0 saturated carbocycles. The van der Waals surface area contributed by atoms with Crippen LogP contribution in [0, 0.1) is 0 Å². The predicted molar refractivity (Wildman–Crippen MR) is 83.3 cm³/mol. The van der Waals surface area contributed by atoms with Gasteiger partial charge in [0, 0.05) is 19.9 Å². The molecule has 0 amide bonds. The van der Waals surface area contributed by atoms with Crippen LogP contribution in [0.3, 0.4) is 0 Å². The van der Waals surface area contributed by atoms with Gasteiger partial charge in [0.1, 0.15) is 0 Å². The zero-order valence-electron chi connectivity index (χ0n) is 9.34. The highest BCUT2D eigenvalue weighted by Gasteiger charge is 2.13. The van der Waals surface area contributed by atoms with Crippen LogP contribution in [-0.4, -0.2) is 0 Å². The summed E-state index contributed by atoms with van der Waals surface area (Å²) in [5.41, 5.74) is 2.10. The molecule has 4 heteroatoms. The number of hydrogen-bond donors (Lipinski definition) is 0. The molecule has 2 aromatic rings. The number of rotatable bonds is 3. The number of benzene rings is 2. The van der Waals surface area contributed by atoms with Gasteiger partial charge in [0.2, 0.25) is 0 Å². The van der Waals surface area contributed by atoms with E-state index in [0.717, 1.165) is 22.6 Å². The monoisotopic (exact) mass is 362 g/mol. The maximum atomic E-state index is 6.18. The molecule has 0 radical (unpaired) electrons. The fourth-order valence-electron chi connectivity index (χ4n) is 1.72. The van der Waals surface area contributed by atoms with Crippen molar-refractivity contribution in [2.24, 2.45) is 0 Å². The Morgan fingerprint density at radius 2 is 1.67 bits per heavy atom. The molecule has 0 spiro atoms. The summed E-state index contributed by atoms with van der Waals surface area (Å²) in [5.74, 6) is 0. The van der Waals surface area contributed by atoms with E-state index in [-0.39, 0.29) is 4.83 Å². The van der Waals surface area contributed by atoms with Crippen molar-refractivity contribution in [3.8, 4) is 0 Å². The number of alkyl halides is 1. The maximum Gasteiger partial charge on any atom is 0.0464 e. The highest BCUT2D eigenvalue weighted by Crippen LogP contribution is 2.35. The molecule has 18 heavy (non-hydrogen) atoms. The molecule has 0 aromatic heterocycles. The first-order valence-corrected chi connectivity index (χ1v) is 7.45. The molecular weight excluding hydrogens is 354 g/mol. The van der Waals surface area contributed by atoms with E-state index < -0.39 is 0 Å². The quantitative estimate of drug-likeness (QED) is 0.559. The zero-order chi connectivity index (χ0) is 13.1. The Morgan fingerprint density at radius 3 is 2.33 bits per heavy atom. The Labute approximate surface area is 130 Å². The second-order valence-corrected chi connectivity index (χ2v) is 6.29. The first-order valence-electron chi connectivity index (χ1n) is 5.40. The first kappa shape index (κ1) is 14.2. The highest BCUT2D eigenvalue weighted by molar-refractivity contribution is 9.09. The molecule has 0 nitrogen and oxygen atoms in total. The van der Waals surface area contributed by atoms with E-state index in [1.165, 1.54) is 0 Å². The van der Waals surface area contributed by atoms with Crippen LogP contribution in [0.2, 0.25) is 15.1 Å². The van der Waals surface area contributed by atoms with E-state index in [0.29, 0.717) is 10.0 Å². The minimum absolute atomic E-state index is 0.113. The van der Waals surface area contributed by atoms with Crippen LogP contribution < -0.4 is 0 Å². The van der Waals surface area contributed by atoms with Crippen molar-refractivity contribution in [1.29, 1.82) is 0 Å². The molecule has 0 heterocycles. The smallest absolute Gasteiger partial charge is 0.0464 e. The topological polar surface area (TPSA) is 0 Å². The van der Waals surface area contributed by atoms with E-state index >= 15 is 0 Å². The molecule has 0 fully saturated rings. The summed E-state index contributed by atoms with van der Waals surface area (Å²) in [5, 5.41) is 2.07. The van der Waals surface area contributed by atoms with Crippen molar-refractivity contribution in [2.75, 3.05) is 0 Å². The van der Waals surface area contributed by atoms with E-state index in [4.69, 9.17) is 34.8 Å². The highest BCUT2D eigenvalue weighted by atomic mass is 79.9. The van der Waals surface area contributed by atoms with Gasteiger partial charge < -0.3 is 0 Å². The van der Waals surface area contributed by atoms with Crippen molar-refractivity contribution in [1.82, 2.24) is 0 Å². The molecule has 94 valence electrons. The lowest BCUT2D eigenvalue weighted by Crippen LogP contribution is -1.97. The van der Waals surface area contributed by atoms with Crippen LogP contribution in [0.15, 0.2) is 42.5 Å². The van der Waals surface area contributed by atoms with Gasteiger partial charge in [-0.05, 0) is 35.7 Å². The fourth-order valence-corrected chi connectivity index (χ4v) is 3.36. The van der Waals surface area contributed by atoms with Crippen LogP contribution in [-0.2, 0) is 6.42 Å². The summed E-state index contributed by atoms with van der Waals surface area (Å²) < 4.78 is 0. The maximum absolute atomic E-state index is 6.18. The minimum Gasteiger partial charge on any atom is -0.0843 e. The molecule has 0 aliphatic heterocycles. The van der Waals surface area contributed by atoms with E-state index in [2.05, 4.69) is 15.9 Å². The van der Waals surface area contributed by atoms with Crippen molar-refractivity contribution in [3.63, 3.8) is 0 Å². The average Bonchev–Trinajstić information content (AvgIpc) is 2.32. The molecule has 1 atom stereocenters. The molecule has 0 N–H and O–H groups in total. The number of hydrogen-bond acceptors (Lipinski definition) is 0. The van der Waals surface area contributed by atoms with Gasteiger partial charge in [0.15, 0.2) is 0 Å². The van der Waals surface area contributed by atoms with Crippen molar-refractivity contribution in [2.45, 2.75) is 11.2 Å². The number of halogens is 4. The Morgan fingerprint density at radius 1 is 0.944 bits per heavy atom. The van der Waals surface area contributed by atoms with Gasteiger partial charge in [-0.15, -0.1) is 0 Å². The van der Waals surface area contributed by atoms with Gasteiger partial charge in [-0.1, -0.05) is 75.0 Å². The summed E-state index contributed by atoms with van der Waals surface area (Å²) >= 11 is 21.9. The van der Waals surface area contributed by atoms with Crippen molar-refractivity contribution in [3.05, 3.63) is 68.7 Å². The van der Waals surface area contributed by atoms with E-state index in [1.807, 2.05) is 36.4 Å². The lowest BCUT2D eigenvalue weighted by Gasteiger charge is -2.13. The SMILES string of the molecule is Clc1ccc(C(Br)Cc2ccccc2Cl)c(Cl)c1. The second-order valence-electron chi connectivity index (χ2n) is 3.93. The zero-order valence-corrected chi connectivity index (χ0v) is 13.2. The Balaban J connectivity index is 2.22. The average molecular weight is 364 g/mol. The third kappa shape index (κ3) is 3.42. The first-order chi connectivity index (χ1) is 8.58. The Kier molecular flexibility index (Phi) is 4.97. The molecular formula is C14H10BrCl3. The second kappa shape index (κ2) is 6.29.